The van der Waals surface area contributed by atoms with Gasteiger partial charge < -0.3 is 5.73 Å². The molecule has 0 heterocycles. The van der Waals surface area contributed by atoms with Crippen LogP contribution >= 0.6 is 0 Å². The van der Waals surface area contributed by atoms with Crippen LogP contribution in [-0.2, 0) is 0 Å². The molecule has 102 valence electrons. The second kappa shape index (κ2) is 4.78. The minimum absolute atomic E-state index is 0.348. The molecule has 1 amide bonds. The molecule has 1 aliphatic carbocycles. The Bertz CT molecular complexity index is 664. The molecule has 3 rings (SSSR count). The average molecular weight is 265 g/mol. The lowest BCUT2D eigenvalue weighted by atomic mass is 9.92. The number of nitrogens with two attached hydrogens (primary N) is 1. The monoisotopic (exact) mass is 265 g/mol. The van der Waals surface area contributed by atoms with Crippen molar-refractivity contribution in [3.63, 3.8) is 0 Å². The normalized spacial score (nSPS) is 14.3. The van der Waals surface area contributed by atoms with E-state index in [1.165, 1.54) is 40.7 Å². The van der Waals surface area contributed by atoms with Crippen LogP contribution in [0.2, 0.25) is 0 Å². The third-order valence-corrected chi connectivity index (χ3v) is 3.89. The molecule has 2 N–H and O–H groups in total. The molecule has 0 radical (unpaired) electrons. The molecule has 1 saturated carbocycles. The van der Waals surface area contributed by atoms with E-state index in [9.17, 15) is 4.79 Å². The molecule has 1 aliphatic rings. The van der Waals surface area contributed by atoms with Gasteiger partial charge in [0, 0.05) is 5.56 Å². The molecule has 0 bridgehead atoms. The van der Waals surface area contributed by atoms with Crippen LogP contribution in [0.1, 0.15) is 45.8 Å². The summed E-state index contributed by atoms with van der Waals surface area (Å²) in [7, 11) is 0. The van der Waals surface area contributed by atoms with Crippen molar-refractivity contribution in [2.45, 2.75) is 32.6 Å². The summed E-state index contributed by atoms with van der Waals surface area (Å²) < 4.78 is 0. The summed E-state index contributed by atoms with van der Waals surface area (Å²) in [5.74, 6) is 0.240. The van der Waals surface area contributed by atoms with E-state index in [0.717, 1.165) is 0 Å². The van der Waals surface area contributed by atoms with Gasteiger partial charge >= 0.3 is 0 Å². The summed E-state index contributed by atoms with van der Waals surface area (Å²) in [5.41, 5.74) is 12.3. The van der Waals surface area contributed by atoms with E-state index in [4.69, 9.17) is 5.73 Å². The first kappa shape index (κ1) is 12.9. The van der Waals surface area contributed by atoms with Crippen molar-refractivity contribution in [1.82, 2.24) is 0 Å². The summed E-state index contributed by atoms with van der Waals surface area (Å²) in [6.07, 6.45) is 2.42. The van der Waals surface area contributed by atoms with E-state index >= 15 is 0 Å². The van der Waals surface area contributed by atoms with Crippen molar-refractivity contribution in [2.75, 3.05) is 0 Å². The number of carbonyl (C=O) groups is 1. The molecule has 0 atom stereocenters. The molecule has 0 spiro atoms. The van der Waals surface area contributed by atoms with Gasteiger partial charge in [-0.2, -0.15) is 0 Å². The van der Waals surface area contributed by atoms with E-state index in [0.29, 0.717) is 11.5 Å². The Kier molecular flexibility index (Phi) is 3.09. The number of benzene rings is 2. The first-order valence-electron chi connectivity index (χ1n) is 7.07. The van der Waals surface area contributed by atoms with Crippen LogP contribution in [0.15, 0.2) is 36.4 Å². The van der Waals surface area contributed by atoms with Gasteiger partial charge in [0.25, 0.3) is 0 Å². The maximum Gasteiger partial charge on any atom is 0.248 e. The second-order valence-electron chi connectivity index (χ2n) is 5.82. The van der Waals surface area contributed by atoms with E-state index < -0.39 is 0 Å². The van der Waals surface area contributed by atoms with Gasteiger partial charge in [-0.05, 0) is 61.4 Å². The second-order valence-corrected chi connectivity index (χ2v) is 5.82. The predicted molar refractivity (Wildman–Crippen MR) is 81.8 cm³/mol. The molecule has 2 aromatic rings. The minimum Gasteiger partial charge on any atom is -0.366 e. The van der Waals surface area contributed by atoms with Crippen LogP contribution in [0, 0.1) is 13.8 Å². The molecular formula is C18H19NO. The van der Waals surface area contributed by atoms with Crippen LogP contribution < -0.4 is 5.73 Å². The van der Waals surface area contributed by atoms with Gasteiger partial charge in [0.05, 0.1) is 0 Å². The predicted octanol–water partition coefficient (Wildman–Crippen LogP) is 3.95. The summed E-state index contributed by atoms with van der Waals surface area (Å²) >= 11 is 0. The average Bonchev–Trinajstić information content (AvgIpc) is 3.21. The van der Waals surface area contributed by atoms with Crippen LogP contribution in [0.3, 0.4) is 0 Å². The first-order valence-corrected chi connectivity index (χ1v) is 7.07. The molecular weight excluding hydrogens is 246 g/mol. The molecule has 0 aliphatic heterocycles. The Morgan fingerprint density at radius 2 is 1.70 bits per heavy atom. The van der Waals surface area contributed by atoms with Crippen molar-refractivity contribution in [2.24, 2.45) is 5.73 Å². The fourth-order valence-corrected chi connectivity index (χ4v) is 2.84. The zero-order valence-corrected chi connectivity index (χ0v) is 11.9. The summed E-state index contributed by atoms with van der Waals surface area (Å²) in [5, 5.41) is 0. The van der Waals surface area contributed by atoms with Crippen LogP contribution in [-0.4, -0.2) is 5.91 Å². The maximum absolute atomic E-state index is 11.4. The lowest BCUT2D eigenvalue weighted by Crippen LogP contribution is -2.11. The Balaban J connectivity index is 2.15. The summed E-state index contributed by atoms with van der Waals surface area (Å²) in [6.45, 7) is 4.23. The van der Waals surface area contributed by atoms with Crippen molar-refractivity contribution in [1.29, 1.82) is 0 Å². The quantitative estimate of drug-likeness (QED) is 0.897. The van der Waals surface area contributed by atoms with Gasteiger partial charge in [-0.15, -0.1) is 0 Å². The van der Waals surface area contributed by atoms with E-state index in [2.05, 4.69) is 32.0 Å². The SMILES string of the molecule is Cc1cc(C)cc(-c2ccc(C(N)=O)cc2C2CC2)c1. The summed E-state index contributed by atoms with van der Waals surface area (Å²) in [4.78, 5) is 11.4. The maximum atomic E-state index is 11.4. The number of amides is 1. The van der Waals surface area contributed by atoms with Crippen LogP contribution in [0.4, 0.5) is 0 Å². The van der Waals surface area contributed by atoms with Crippen molar-refractivity contribution >= 4 is 5.91 Å². The Hall–Kier alpha value is -2.09. The highest BCUT2D eigenvalue weighted by Crippen LogP contribution is 2.45. The van der Waals surface area contributed by atoms with E-state index in [1.807, 2.05) is 18.2 Å². The third kappa shape index (κ3) is 2.46. The fourth-order valence-electron chi connectivity index (χ4n) is 2.84. The highest BCUT2D eigenvalue weighted by Gasteiger charge is 2.27. The van der Waals surface area contributed by atoms with Gasteiger partial charge in [0.2, 0.25) is 5.91 Å². The largest absolute Gasteiger partial charge is 0.366 e. The standard InChI is InChI=1S/C18H19NO/c1-11-7-12(2)9-15(8-11)16-6-5-14(18(19)20)10-17(16)13-3-4-13/h5-10,13H,3-4H2,1-2H3,(H2,19,20). The number of hydrogen-bond acceptors (Lipinski definition) is 1. The zero-order valence-electron chi connectivity index (χ0n) is 11.9. The number of aryl methyl sites for hydroxylation is 2. The van der Waals surface area contributed by atoms with Gasteiger partial charge in [-0.1, -0.05) is 35.4 Å². The molecule has 0 aromatic heterocycles. The minimum atomic E-state index is -0.348. The molecule has 2 aromatic carbocycles. The first-order chi connectivity index (χ1) is 9.54. The van der Waals surface area contributed by atoms with Gasteiger partial charge in [0.1, 0.15) is 0 Å². The van der Waals surface area contributed by atoms with Crippen molar-refractivity contribution in [3.8, 4) is 11.1 Å². The van der Waals surface area contributed by atoms with Crippen LogP contribution in [0.25, 0.3) is 11.1 Å². The Morgan fingerprint density at radius 3 is 2.25 bits per heavy atom. The lowest BCUT2D eigenvalue weighted by molar-refractivity contribution is 0.1000. The Labute approximate surface area is 119 Å². The topological polar surface area (TPSA) is 43.1 Å². The number of hydrogen-bond donors (Lipinski definition) is 1. The van der Waals surface area contributed by atoms with Crippen molar-refractivity contribution in [3.05, 3.63) is 58.7 Å². The molecule has 2 heteroatoms. The summed E-state index contributed by atoms with van der Waals surface area (Å²) in [6, 6.07) is 12.4. The molecule has 0 unspecified atom stereocenters. The van der Waals surface area contributed by atoms with Crippen LogP contribution in [0.5, 0.6) is 0 Å². The highest BCUT2D eigenvalue weighted by atomic mass is 16.1. The number of primary amides is 1. The molecule has 2 nitrogen and oxygen atoms in total. The molecule has 20 heavy (non-hydrogen) atoms. The third-order valence-electron chi connectivity index (χ3n) is 3.89. The highest BCUT2D eigenvalue weighted by molar-refractivity contribution is 5.94. The van der Waals surface area contributed by atoms with E-state index in [1.54, 1.807) is 0 Å². The van der Waals surface area contributed by atoms with Crippen molar-refractivity contribution < 1.29 is 4.79 Å². The van der Waals surface area contributed by atoms with E-state index in [-0.39, 0.29) is 5.91 Å². The number of carbonyl (C=O) groups excluding carboxylic acids is 1. The fraction of sp³-hybridized carbons (Fsp3) is 0.278. The molecule has 0 saturated heterocycles. The lowest BCUT2D eigenvalue weighted by Gasteiger charge is -2.12. The zero-order chi connectivity index (χ0) is 14.3. The van der Waals surface area contributed by atoms with Gasteiger partial charge in [-0.25, -0.2) is 0 Å². The molecule has 1 fully saturated rings. The Morgan fingerprint density at radius 1 is 1.05 bits per heavy atom. The number of rotatable bonds is 3. The van der Waals surface area contributed by atoms with Gasteiger partial charge in [-0.3, -0.25) is 4.79 Å². The van der Waals surface area contributed by atoms with Gasteiger partial charge in [0.15, 0.2) is 0 Å². The smallest absolute Gasteiger partial charge is 0.248 e.